The number of nitrogens with one attached hydrogen (secondary N) is 3. The first-order valence-electron chi connectivity index (χ1n) is 6.94. The number of benzene rings is 1. The van der Waals surface area contributed by atoms with E-state index in [4.69, 9.17) is 4.74 Å². The van der Waals surface area contributed by atoms with E-state index >= 15 is 0 Å². The summed E-state index contributed by atoms with van der Waals surface area (Å²) < 4.78 is 18.8. The highest BCUT2D eigenvalue weighted by Gasteiger charge is 2.17. The molecule has 0 unspecified atom stereocenters. The van der Waals surface area contributed by atoms with E-state index in [0.29, 0.717) is 5.69 Å². The van der Waals surface area contributed by atoms with Crippen molar-refractivity contribution in [2.24, 2.45) is 0 Å². The number of anilines is 2. The number of hydrogen-bond acceptors (Lipinski definition) is 3. The van der Waals surface area contributed by atoms with E-state index in [2.05, 4.69) is 16.0 Å². The van der Waals surface area contributed by atoms with Crippen LogP contribution in [0.3, 0.4) is 0 Å². The summed E-state index contributed by atoms with van der Waals surface area (Å²) >= 11 is 0. The van der Waals surface area contributed by atoms with Crippen molar-refractivity contribution in [1.29, 1.82) is 0 Å². The normalized spacial score (nSPS) is 11.0. The number of hydrogen-bond donors (Lipinski definition) is 3. The molecule has 0 fully saturated rings. The van der Waals surface area contributed by atoms with Gasteiger partial charge in [0.05, 0.1) is 5.69 Å². The van der Waals surface area contributed by atoms with Gasteiger partial charge >= 0.3 is 12.1 Å². The lowest BCUT2D eigenvalue weighted by Crippen LogP contribution is -2.34. The van der Waals surface area contributed by atoms with Crippen LogP contribution in [0.2, 0.25) is 0 Å². The van der Waals surface area contributed by atoms with Crippen molar-refractivity contribution in [1.82, 2.24) is 5.32 Å². The van der Waals surface area contributed by atoms with Gasteiger partial charge in [0.1, 0.15) is 11.4 Å². The van der Waals surface area contributed by atoms with E-state index in [0.717, 1.165) is 6.07 Å². The molecule has 0 saturated heterocycles. The Morgan fingerprint density at radius 2 is 1.82 bits per heavy atom. The molecule has 1 aromatic rings. The van der Waals surface area contributed by atoms with Crippen LogP contribution in [0, 0.1) is 5.82 Å². The number of rotatable bonds is 3. The Balaban J connectivity index is 2.78. The maximum Gasteiger partial charge on any atom is 0.412 e. The third-order valence-corrected chi connectivity index (χ3v) is 2.28. The molecule has 3 N–H and O–H groups in total. The summed E-state index contributed by atoms with van der Waals surface area (Å²) in [4.78, 5) is 23.3. The second-order valence-electron chi connectivity index (χ2n) is 6.07. The van der Waals surface area contributed by atoms with Crippen LogP contribution in [0.15, 0.2) is 18.2 Å². The first-order chi connectivity index (χ1) is 10.1. The van der Waals surface area contributed by atoms with Gasteiger partial charge in [0.2, 0.25) is 0 Å². The number of ether oxygens (including phenoxy) is 1. The maximum absolute atomic E-state index is 13.7. The van der Waals surface area contributed by atoms with Crippen molar-refractivity contribution >= 4 is 23.5 Å². The Morgan fingerprint density at radius 3 is 2.36 bits per heavy atom. The van der Waals surface area contributed by atoms with Crippen LogP contribution in [-0.2, 0) is 4.74 Å². The molecule has 0 saturated carbocycles. The van der Waals surface area contributed by atoms with Crippen molar-refractivity contribution in [3.8, 4) is 0 Å². The Bertz CT molecular complexity index is 553. The van der Waals surface area contributed by atoms with Crippen LogP contribution in [0.5, 0.6) is 0 Å². The van der Waals surface area contributed by atoms with Crippen LogP contribution in [0.4, 0.5) is 25.4 Å². The molecule has 7 heteroatoms. The van der Waals surface area contributed by atoms with Gasteiger partial charge in [-0.3, -0.25) is 5.32 Å². The zero-order chi connectivity index (χ0) is 16.9. The lowest BCUT2D eigenvalue weighted by atomic mass is 10.2. The smallest absolute Gasteiger partial charge is 0.412 e. The Hall–Kier alpha value is -2.31. The summed E-state index contributed by atoms with van der Waals surface area (Å²) in [6, 6.07) is 3.43. The highest BCUT2D eigenvalue weighted by molar-refractivity contribution is 5.91. The molecule has 6 nitrogen and oxygen atoms in total. The second kappa shape index (κ2) is 7.11. The molecule has 0 spiro atoms. The van der Waals surface area contributed by atoms with Crippen molar-refractivity contribution in [3.63, 3.8) is 0 Å². The fraction of sp³-hybridized carbons (Fsp3) is 0.467. The zero-order valence-corrected chi connectivity index (χ0v) is 13.4. The van der Waals surface area contributed by atoms with Gasteiger partial charge in [-0.1, -0.05) is 0 Å². The van der Waals surface area contributed by atoms with Crippen LogP contribution in [-0.4, -0.2) is 23.8 Å². The summed E-state index contributed by atoms with van der Waals surface area (Å²) in [6.45, 7) is 8.75. The Labute approximate surface area is 129 Å². The molecule has 0 atom stereocenters. The number of urea groups is 1. The van der Waals surface area contributed by atoms with Gasteiger partial charge in [-0.15, -0.1) is 0 Å². The van der Waals surface area contributed by atoms with Gasteiger partial charge in [0.25, 0.3) is 0 Å². The van der Waals surface area contributed by atoms with Crippen molar-refractivity contribution in [2.45, 2.75) is 46.3 Å². The molecule has 22 heavy (non-hydrogen) atoms. The maximum atomic E-state index is 13.7. The summed E-state index contributed by atoms with van der Waals surface area (Å²) in [6.07, 6.45) is -0.768. The van der Waals surface area contributed by atoms with E-state index in [1.165, 1.54) is 12.1 Å². The first kappa shape index (κ1) is 17.7. The monoisotopic (exact) mass is 311 g/mol. The minimum Gasteiger partial charge on any atom is -0.444 e. The summed E-state index contributed by atoms with van der Waals surface area (Å²) in [5.41, 5.74) is -0.407. The molecule has 3 amide bonds. The van der Waals surface area contributed by atoms with Crippen LogP contribution >= 0.6 is 0 Å². The highest BCUT2D eigenvalue weighted by atomic mass is 19.1. The highest BCUT2D eigenvalue weighted by Crippen LogP contribution is 2.20. The fourth-order valence-corrected chi connectivity index (χ4v) is 1.54. The standard InChI is InChI=1S/C15H22FN3O3/c1-9(2)17-13(20)18-10-6-7-11(16)12(8-10)19-14(21)22-15(3,4)5/h6-9H,1-5H3,(H,19,21)(H2,17,18,20). The fourth-order valence-electron chi connectivity index (χ4n) is 1.54. The van der Waals surface area contributed by atoms with Gasteiger partial charge < -0.3 is 15.4 Å². The quantitative estimate of drug-likeness (QED) is 0.796. The molecule has 0 aromatic heterocycles. The second-order valence-corrected chi connectivity index (χ2v) is 6.07. The van der Waals surface area contributed by atoms with Crippen molar-refractivity contribution in [3.05, 3.63) is 24.0 Å². The van der Waals surface area contributed by atoms with E-state index < -0.39 is 23.5 Å². The lowest BCUT2D eigenvalue weighted by molar-refractivity contribution is 0.0635. The van der Waals surface area contributed by atoms with Gasteiger partial charge in [-0.2, -0.15) is 0 Å². The lowest BCUT2D eigenvalue weighted by Gasteiger charge is -2.20. The third kappa shape index (κ3) is 6.43. The van der Waals surface area contributed by atoms with E-state index in [9.17, 15) is 14.0 Å². The molecule has 1 aromatic carbocycles. The van der Waals surface area contributed by atoms with Crippen molar-refractivity contribution < 1.29 is 18.7 Å². The van der Waals surface area contributed by atoms with Crippen LogP contribution < -0.4 is 16.0 Å². The largest absolute Gasteiger partial charge is 0.444 e. The van der Waals surface area contributed by atoms with Crippen LogP contribution in [0.1, 0.15) is 34.6 Å². The molecule has 0 aliphatic heterocycles. The molecular formula is C15H22FN3O3. The van der Waals surface area contributed by atoms with E-state index in [1.807, 2.05) is 13.8 Å². The average molecular weight is 311 g/mol. The predicted octanol–water partition coefficient (Wildman–Crippen LogP) is 3.70. The predicted molar refractivity (Wildman–Crippen MR) is 83.5 cm³/mol. The summed E-state index contributed by atoms with van der Waals surface area (Å²) in [7, 11) is 0. The minimum absolute atomic E-state index is 0.0280. The van der Waals surface area contributed by atoms with E-state index in [-0.39, 0.29) is 11.7 Å². The van der Waals surface area contributed by atoms with Gasteiger partial charge in [0, 0.05) is 11.7 Å². The Kier molecular flexibility index (Phi) is 5.73. The number of amides is 3. The van der Waals surface area contributed by atoms with Crippen molar-refractivity contribution in [2.75, 3.05) is 10.6 Å². The molecule has 122 valence electrons. The van der Waals surface area contributed by atoms with Gasteiger partial charge in [-0.25, -0.2) is 14.0 Å². The number of carbonyl (C=O) groups is 2. The topological polar surface area (TPSA) is 79.5 Å². The zero-order valence-electron chi connectivity index (χ0n) is 13.4. The van der Waals surface area contributed by atoms with Crippen LogP contribution in [0.25, 0.3) is 0 Å². The summed E-state index contributed by atoms with van der Waals surface area (Å²) in [5, 5.41) is 7.51. The number of carbonyl (C=O) groups excluding carboxylic acids is 2. The molecule has 0 heterocycles. The molecular weight excluding hydrogens is 289 g/mol. The first-order valence-corrected chi connectivity index (χ1v) is 6.94. The third-order valence-electron chi connectivity index (χ3n) is 2.28. The minimum atomic E-state index is -0.768. The number of halogens is 1. The summed E-state index contributed by atoms with van der Waals surface area (Å²) in [5.74, 6) is -0.624. The Morgan fingerprint density at radius 1 is 1.18 bits per heavy atom. The van der Waals surface area contributed by atoms with Gasteiger partial charge in [-0.05, 0) is 52.8 Å². The molecule has 0 aliphatic carbocycles. The average Bonchev–Trinajstić information content (AvgIpc) is 2.29. The van der Waals surface area contributed by atoms with Gasteiger partial charge in [0.15, 0.2) is 0 Å². The molecule has 0 aliphatic rings. The van der Waals surface area contributed by atoms with E-state index in [1.54, 1.807) is 20.8 Å². The molecule has 1 rings (SSSR count). The molecule has 0 bridgehead atoms. The SMILES string of the molecule is CC(C)NC(=O)Nc1ccc(F)c(NC(=O)OC(C)(C)C)c1. The molecule has 0 radical (unpaired) electrons.